The lowest BCUT2D eigenvalue weighted by Gasteiger charge is -2.38. The van der Waals surface area contributed by atoms with Crippen LogP contribution < -0.4 is 0 Å². The molecule has 0 aliphatic carbocycles. The van der Waals surface area contributed by atoms with E-state index in [1.165, 1.54) is 17.3 Å². The van der Waals surface area contributed by atoms with Crippen molar-refractivity contribution in [3.8, 4) is 0 Å². The van der Waals surface area contributed by atoms with Crippen molar-refractivity contribution in [2.24, 2.45) is 5.92 Å². The molecule has 76 valence electrons. The van der Waals surface area contributed by atoms with Gasteiger partial charge in [-0.15, -0.1) is 0 Å². The maximum atomic E-state index is 11.5. The highest BCUT2D eigenvalue weighted by Crippen LogP contribution is 2.14. The summed E-state index contributed by atoms with van der Waals surface area (Å²) in [7, 11) is 0. The molecule has 1 fully saturated rings. The summed E-state index contributed by atoms with van der Waals surface area (Å²) in [4.78, 5) is 17.0. The van der Waals surface area contributed by atoms with Crippen LogP contribution in [0.5, 0.6) is 0 Å². The Morgan fingerprint density at radius 2 is 2.36 bits per heavy atom. The van der Waals surface area contributed by atoms with Crippen LogP contribution >= 0.6 is 0 Å². The van der Waals surface area contributed by atoms with Crippen LogP contribution in [0.15, 0.2) is 12.7 Å². The maximum Gasteiger partial charge on any atom is 0.244 e. The van der Waals surface area contributed by atoms with Crippen LogP contribution in [0.25, 0.3) is 0 Å². The molecule has 0 aromatic carbocycles. The van der Waals surface area contributed by atoms with Gasteiger partial charge in [-0.1, -0.05) is 0 Å². The number of nitrogens with zero attached hydrogens (tertiary/aromatic N) is 4. The number of carbonyl (C=O) groups excluding carboxylic acids is 1. The van der Waals surface area contributed by atoms with E-state index in [2.05, 4.69) is 10.1 Å². The van der Waals surface area contributed by atoms with E-state index in [0.29, 0.717) is 13.1 Å². The van der Waals surface area contributed by atoms with Gasteiger partial charge in [0.15, 0.2) is 0 Å². The zero-order valence-corrected chi connectivity index (χ0v) is 7.70. The van der Waals surface area contributed by atoms with Gasteiger partial charge in [0, 0.05) is 25.6 Å². The van der Waals surface area contributed by atoms with E-state index in [4.69, 9.17) is 5.11 Å². The molecule has 2 rings (SSSR count). The molecule has 0 radical (unpaired) electrons. The number of hydrogen-bond donors (Lipinski definition) is 1. The summed E-state index contributed by atoms with van der Waals surface area (Å²) >= 11 is 0. The summed E-state index contributed by atoms with van der Waals surface area (Å²) < 4.78 is 1.49. The van der Waals surface area contributed by atoms with Crippen LogP contribution in [0.4, 0.5) is 0 Å². The average Bonchev–Trinajstić information content (AvgIpc) is 2.54. The largest absolute Gasteiger partial charge is 0.396 e. The van der Waals surface area contributed by atoms with Crippen molar-refractivity contribution in [1.29, 1.82) is 0 Å². The Morgan fingerprint density at radius 1 is 1.57 bits per heavy atom. The van der Waals surface area contributed by atoms with Gasteiger partial charge in [-0.2, -0.15) is 5.10 Å². The minimum absolute atomic E-state index is 0.0280. The predicted molar refractivity (Wildman–Crippen MR) is 47.2 cm³/mol. The van der Waals surface area contributed by atoms with Crippen LogP contribution in [0.1, 0.15) is 0 Å². The molecule has 6 heteroatoms. The van der Waals surface area contributed by atoms with E-state index in [-0.39, 0.29) is 25.0 Å². The fourth-order valence-corrected chi connectivity index (χ4v) is 1.44. The van der Waals surface area contributed by atoms with Gasteiger partial charge in [0.2, 0.25) is 5.91 Å². The molecule has 2 heterocycles. The number of aromatic nitrogens is 3. The standard InChI is InChI=1S/C8H12N4O2/c13-4-7-1-11(2-7)8(14)3-12-6-9-5-10-12/h5-7,13H,1-4H2. The summed E-state index contributed by atoms with van der Waals surface area (Å²) in [5.74, 6) is 0.287. The Labute approximate surface area is 81.2 Å². The highest BCUT2D eigenvalue weighted by Gasteiger charge is 2.29. The Kier molecular flexibility index (Phi) is 2.45. The average molecular weight is 196 g/mol. The number of likely N-dealkylation sites (tertiary alicyclic amines) is 1. The maximum absolute atomic E-state index is 11.5. The molecule has 1 aliphatic heterocycles. The lowest BCUT2D eigenvalue weighted by molar-refractivity contribution is -0.139. The van der Waals surface area contributed by atoms with Crippen molar-refractivity contribution < 1.29 is 9.90 Å². The van der Waals surface area contributed by atoms with Gasteiger partial charge >= 0.3 is 0 Å². The molecule has 0 atom stereocenters. The Balaban J connectivity index is 1.80. The second-order valence-corrected chi connectivity index (χ2v) is 3.44. The van der Waals surface area contributed by atoms with Crippen LogP contribution in [-0.4, -0.2) is 50.4 Å². The first-order chi connectivity index (χ1) is 6.79. The number of hydrogen-bond acceptors (Lipinski definition) is 4. The molecular weight excluding hydrogens is 184 g/mol. The molecule has 1 aliphatic rings. The predicted octanol–water partition coefficient (Wildman–Crippen LogP) is -1.27. The molecule has 1 amide bonds. The quantitative estimate of drug-likeness (QED) is 0.654. The van der Waals surface area contributed by atoms with E-state index in [0.717, 1.165) is 0 Å². The normalized spacial score (nSPS) is 16.8. The highest BCUT2D eigenvalue weighted by atomic mass is 16.3. The third-order valence-electron chi connectivity index (χ3n) is 2.33. The fraction of sp³-hybridized carbons (Fsp3) is 0.625. The molecule has 0 spiro atoms. The van der Waals surface area contributed by atoms with Crippen LogP contribution in [-0.2, 0) is 11.3 Å². The molecule has 0 bridgehead atoms. The van der Waals surface area contributed by atoms with Gasteiger partial charge in [0.05, 0.1) is 0 Å². The molecule has 6 nitrogen and oxygen atoms in total. The van der Waals surface area contributed by atoms with E-state index >= 15 is 0 Å². The summed E-state index contributed by atoms with van der Waals surface area (Å²) in [5.41, 5.74) is 0. The Morgan fingerprint density at radius 3 is 2.93 bits per heavy atom. The second-order valence-electron chi connectivity index (χ2n) is 3.44. The zero-order valence-electron chi connectivity index (χ0n) is 7.70. The van der Waals surface area contributed by atoms with Gasteiger partial charge in [-0.25, -0.2) is 9.67 Å². The molecular formula is C8H12N4O2. The molecule has 0 saturated carbocycles. The molecule has 0 unspecified atom stereocenters. The summed E-state index contributed by atoms with van der Waals surface area (Å²) in [5, 5.41) is 12.6. The van der Waals surface area contributed by atoms with Gasteiger partial charge < -0.3 is 10.0 Å². The number of amides is 1. The van der Waals surface area contributed by atoms with Crippen molar-refractivity contribution in [2.75, 3.05) is 19.7 Å². The van der Waals surface area contributed by atoms with Crippen molar-refractivity contribution in [1.82, 2.24) is 19.7 Å². The topological polar surface area (TPSA) is 71.2 Å². The van der Waals surface area contributed by atoms with Crippen LogP contribution in [0.2, 0.25) is 0 Å². The monoisotopic (exact) mass is 196 g/mol. The summed E-state index contributed by atoms with van der Waals surface area (Å²) in [6.45, 7) is 1.71. The lowest BCUT2D eigenvalue weighted by Crippen LogP contribution is -2.52. The number of carbonyl (C=O) groups is 1. The van der Waals surface area contributed by atoms with Crippen molar-refractivity contribution in [3.05, 3.63) is 12.7 Å². The summed E-state index contributed by atoms with van der Waals surface area (Å²) in [6, 6.07) is 0. The molecule has 14 heavy (non-hydrogen) atoms. The third kappa shape index (κ3) is 1.74. The molecule has 1 saturated heterocycles. The number of aliphatic hydroxyl groups excluding tert-OH is 1. The second kappa shape index (κ2) is 3.75. The first-order valence-corrected chi connectivity index (χ1v) is 4.50. The van der Waals surface area contributed by atoms with E-state index in [1.807, 2.05) is 0 Å². The van der Waals surface area contributed by atoms with Crippen molar-refractivity contribution in [3.63, 3.8) is 0 Å². The van der Waals surface area contributed by atoms with Gasteiger partial charge in [-0.05, 0) is 0 Å². The van der Waals surface area contributed by atoms with E-state index < -0.39 is 0 Å². The molecule has 1 aromatic rings. The van der Waals surface area contributed by atoms with Crippen LogP contribution in [0, 0.1) is 5.92 Å². The van der Waals surface area contributed by atoms with Gasteiger partial charge in [-0.3, -0.25) is 4.79 Å². The third-order valence-corrected chi connectivity index (χ3v) is 2.33. The smallest absolute Gasteiger partial charge is 0.244 e. The first-order valence-electron chi connectivity index (χ1n) is 4.50. The Bertz CT molecular complexity index is 305. The fourth-order valence-electron chi connectivity index (χ4n) is 1.44. The van der Waals surface area contributed by atoms with E-state index in [9.17, 15) is 4.79 Å². The highest BCUT2D eigenvalue weighted by molar-refractivity contribution is 5.76. The first kappa shape index (κ1) is 9.14. The molecule has 1 aromatic heterocycles. The number of rotatable bonds is 3. The van der Waals surface area contributed by atoms with Gasteiger partial charge in [0.25, 0.3) is 0 Å². The molecule has 1 N–H and O–H groups in total. The minimum atomic E-state index is 0.0280. The minimum Gasteiger partial charge on any atom is -0.396 e. The SMILES string of the molecule is O=C(Cn1cncn1)N1CC(CO)C1. The lowest BCUT2D eigenvalue weighted by atomic mass is 10.0. The van der Waals surface area contributed by atoms with Crippen LogP contribution in [0.3, 0.4) is 0 Å². The van der Waals surface area contributed by atoms with Gasteiger partial charge in [0.1, 0.15) is 19.2 Å². The van der Waals surface area contributed by atoms with Crippen molar-refractivity contribution >= 4 is 5.91 Å². The van der Waals surface area contributed by atoms with E-state index in [1.54, 1.807) is 4.90 Å². The van der Waals surface area contributed by atoms with Crippen molar-refractivity contribution in [2.45, 2.75) is 6.54 Å². The zero-order chi connectivity index (χ0) is 9.97. The Hall–Kier alpha value is -1.43. The summed E-state index contributed by atoms with van der Waals surface area (Å²) in [6.07, 6.45) is 2.92. The number of aliphatic hydroxyl groups is 1.